The van der Waals surface area contributed by atoms with Crippen LogP contribution in [-0.4, -0.2) is 90.3 Å². The molecule has 0 atom stereocenters. The molecule has 0 spiro atoms. The standard InChI is InChI=1S/C47H42N16O9S2/c1-46(2,3)33-31(35(48)62(60-33)29-17-23(39(64)65)13-24(18-29)40(66)67)52-56-44-58-54-37(73-44)21-9-7-11-27(15-21)50-43(72)51-28-12-8-10-22(16-28)38-55-59-45(74-38)57-53-32-34(47(4,5)6)61-63(36(32)49)30-19-25(41(68)69)14-26(20-30)42(70)71/h7-20H,48-49H2,1-6H3,(H,64,65)(H,66,67)(H,68,69)(H,70,71)(H2,50,51,72). The number of nitrogens with zero attached hydrogens (tertiary/aromatic N) is 12. The van der Waals surface area contributed by atoms with Crippen molar-refractivity contribution < 1.29 is 44.4 Å². The van der Waals surface area contributed by atoms with E-state index >= 15 is 0 Å². The van der Waals surface area contributed by atoms with Crippen LogP contribution in [0.5, 0.6) is 0 Å². The summed E-state index contributed by atoms with van der Waals surface area (Å²) in [5.74, 6) is -5.37. The van der Waals surface area contributed by atoms with Crippen LogP contribution in [0.1, 0.15) is 94.4 Å². The summed E-state index contributed by atoms with van der Waals surface area (Å²) in [7, 11) is 0. The van der Waals surface area contributed by atoms with E-state index in [0.717, 1.165) is 34.8 Å². The number of rotatable bonds is 14. The molecule has 2 amide bonds. The Bertz CT molecular complexity index is 3340. The summed E-state index contributed by atoms with van der Waals surface area (Å²) >= 11 is 2.20. The molecule has 0 radical (unpaired) electrons. The number of nitrogen functional groups attached to an aromatic ring is 2. The van der Waals surface area contributed by atoms with Crippen LogP contribution < -0.4 is 22.1 Å². The summed E-state index contributed by atoms with van der Waals surface area (Å²) in [6, 6.07) is 20.3. The fraction of sp³-hybridized carbons (Fsp3) is 0.170. The van der Waals surface area contributed by atoms with Gasteiger partial charge in [-0.15, -0.1) is 40.9 Å². The van der Waals surface area contributed by atoms with Crippen molar-refractivity contribution in [1.29, 1.82) is 0 Å². The van der Waals surface area contributed by atoms with Gasteiger partial charge in [-0.3, -0.25) is 0 Å². The number of benzene rings is 4. The molecule has 0 bridgehead atoms. The molecule has 0 saturated heterocycles. The highest BCUT2D eigenvalue weighted by Crippen LogP contribution is 2.41. The molecular formula is C47H42N16O9S2. The van der Waals surface area contributed by atoms with Gasteiger partial charge in [-0.25, -0.2) is 33.3 Å². The van der Waals surface area contributed by atoms with Crippen molar-refractivity contribution in [3.05, 3.63) is 119 Å². The summed E-state index contributed by atoms with van der Waals surface area (Å²) in [6.07, 6.45) is 0. The zero-order chi connectivity index (χ0) is 53.4. The zero-order valence-electron chi connectivity index (χ0n) is 39.8. The summed E-state index contributed by atoms with van der Waals surface area (Å²) < 4.78 is 2.43. The van der Waals surface area contributed by atoms with Crippen LogP contribution in [0.3, 0.4) is 0 Å². The van der Waals surface area contributed by atoms with Gasteiger partial charge < -0.3 is 42.5 Å². The number of amides is 2. The molecule has 8 rings (SSSR count). The van der Waals surface area contributed by atoms with Crippen LogP contribution in [0.4, 0.5) is 49.4 Å². The van der Waals surface area contributed by atoms with Crippen molar-refractivity contribution in [2.24, 2.45) is 20.5 Å². The molecule has 74 heavy (non-hydrogen) atoms. The van der Waals surface area contributed by atoms with E-state index in [0.29, 0.717) is 43.9 Å². The summed E-state index contributed by atoms with van der Waals surface area (Å²) in [6.45, 7) is 11.2. The van der Waals surface area contributed by atoms with Crippen molar-refractivity contribution in [2.75, 3.05) is 22.1 Å². The molecule has 10 N–H and O–H groups in total. The number of carbonyl (C=O) groups is 5. The smallest absolute Gasteiger partial charge is 0.335 e. The second kappa shape index (κ2) is 19.9. The molecule has 0 aliphatic carbocycles. The van der Waals surface area contributed by atoms with Crippen molar-refractivity contribution in [3.8, 4) is 32.5 Å². The predicted octanol–water partition coefficient (Wildman–Crippen LogP) is 10.1. The van der Waals surface area contributed by atoms with Gasteiger partial charge in [0.15, 0.2) is 23.0 Å². The molecule has 4 heterocycles. The lowest BCUT2D eigenvalue weighted by Crippen LogP contribution is -2.19. The Morgan fingerprint density at radius 3 is 1.19 bits per heavy atom. The summed E-state index contributed by atoms with van der Waals surface area (Å²) in [5.41, 5.74) is 14.1. The number of urea groups is 1. The molecule has 27 heteroatoms. The number of anilines is 4. The van der Waals surface area contributed by atoms with Crippen LogP contribution in [-0.2, 0) is 10.8 Å². The first kappa shape index (κ1) is 50.7. The molecule has 8 aromatic rings. The van der Waals surface area contributed by atoms with E-state index in [2.05, 4.69) is 61.7 Å². The molecule has 25 nitrogen and oxygen atoms in total. The Morgan fingerprint density at radius 1 is 0.514 bits per heavy atom. The average molecular weight is 1040 g/mol. The first-order valence-corrected chi connectivity index (χ1v) is 23.4. The maximum Gasteiger partial charge on any atom is 0.335 e. The Morgan fingerprint density at radius 2 is 0.865 bits per heavy atom. The second-order valence-electron chi connectivity index (χ2n) is 18.2. The van der Waals surface area contributed by atoms with Crippen molar-refractivity contribution in [1.82, 2.24) is 40.0 Å². The number of hydrogen-bond acceptors (Lipinski definition) is 19. The number of nitrogens with one attached hydrogen (secondary N) is 2. The maximum atomic E-state index is 13.3. The summed E-state index contributed by atoms with van der Waals surface area (Å²) in [5, 5.41) is 88.6. The van der Waals surface area contributed by atoms with E-state index in [1.165, 1.54) is 33.6 Å². The Labute approximate surface area is 426 Å². The third kappa shape index (κ3) is 11.0. The third-order valence-electron chi connectivity index (χ3n) is 10.6. The fourth-order valence-electron chi connectivity index (χ4n) is 7.09. The molecule has 4 aromatic carbocycles. The highest BCUT2D eigenvalue weighted by Gasteiger charge is 2.30. The predicted molar refractivity (Wildman–Crippen MR) is 273 cm³/mol. The van der Waals surface area contributed by atoms with E-state index in [-0.39, 0.29) is 66.9 Å². The van der Waals surface area contributed by atoms with Gasteiger partial charge in [-0.1, -0.05) is 88.5 Å². The number of azo groups is 2. The number of aromatic carboxylic acids is 4. The van der Waals surface area contributed by atoms with Gasteiger partial charge in [0.05, 0.1) is 45.0 Å². The van der Waals surface area contributed by atoms with Crippen molar-refractivity contribution in [2.45, 2.75) is 52.4 Å². The van der Waals surface area contributed by atoms with Gasteiger partial charge in [0, 0.05) is 33.3 Å². The largest absolute Gasteiger partial charge is 0.478 e. The van der Waals surface area contributed by atoms with Gasteiger partial charge in [0.25, 0.3) is 10.3 Å². The van der Waals surface area contributed by atoms with Gasteiger partial charge in [-0.05, 0) is 60.7 Å². The molecular weight excluding hydrogens is 997 g/mol. The van der Waals surface area contributed by atoms with Gasteiger partial charge >= 0.3 is 29.9 Å². The van der Waals surface area contributed by atoms with Gasteiger partial charge in [-0.2, -0.15) is 10.2 Å². The minimum atomic E-state index is -1.33. The number of hydrogen-bond donors (Lipinski definition) is 8. The molecule has 0 fully saturated rings. The highest BCUT2D eigenvalue weighted by molar-refractivity contribution is 7.18. The lowest BCUT2D eigenvalue weighted by Gasteiger charge is -2.15. The Kier molecular flexibility index (Phi) is 13.6. The number of nitrogens with two attached hydrogens (primary N) is 2. The highest BCUT2D eigenvalue weighted by atomic mass is 32.1. The van der Waals surface area contributed by atoms with Crippen LogP contribution >= 0.6 is 22.7 Å². The minimum absolute atomic E-state index is 0.0180. The third-order valence-corrected chi connectivity index (χ3v) is 12.3. The molecule has 0 aliphatic heterocycles. The lowest BCUT2D eigenvalue weighted by molar-refractivity contribution is 0.0676. The molecule has 0 saturated carbocycles. The number of aromatic nitrogens is 8. The van der Waals surface area contributed by atoms with Crippen molar-refractivity contribution in [3.63, 3.8) is 0 Å². The van der Waals surface area contributed by atoms with Crippen LogP contribution in [0, 0.1) is 0 Å². The van der Waals surface area contributed by atoms with E-state index in [4.69, 9.17) is 11.5 Å². The quantitative estimate of drug-likeness (QED) is 0.0469. The number of carboxylic acid groups (broad SMARTS) is 4. The SMILES string of the molecule is CC(C)(C)c1nn(-c2cc(C(=O)O)cc(C(=O)O)c2)c(N)c1N=Nc1nnc(-c2cccc(NC(=O)Nc3cccc(-c4nnc(N=Nc5c(C(C)(C)C)nn(-c6cc(C(=O)O)cc(C(=O)O)c6)c5N)s4)c3)c2)s1. The van der Waals surface area contributed by atoms with E-state index < -0.39 is 40.7 Å². The summed E-state index contributed by atoms with van der Waals surface area (Å²) in [4.78, 5) is 60.5. The van der Waals surface area contributed by atoms with E-state index in [1.54, 1.807) is 48.5 Å². The van der Waals surface area contributed by atoms with Gasteiger partial charge in [0.1, 0.15) is 10.0 Å². The van der Waals surface area contributed by atoms with E-state index in [9.17, 15) is 44.4 Å². The fourth-order valence-corrected chi connectivity index (χ4v) is 8.42. The van der Waals surface area contributed by atoms with Crippen LogP contribution in [0.15, 0.2) is 105 Å². The zero-order valence-corrected chi connectivity index (χ0v) is 41.4. The van der Waals surface area contributed by atoms with Crippen molar-refractivity contribution >= 4 is 97.2 Å². The normalized spacial score (nSPS) is 11.9. The monoisotopic (exact) mass is 1040 g/mol. The van der Waals surface area contributed by atoms with E-state index in [1.807, 2.05) is 41.5 Å². The van der Waals surface area contributed by atoms with Crippen LogP contribution in [0.25, 0.3) is 32.5 Å². The lowest BCUT2D eigenvalue weighted by atomic mass is 9.91. The topological polar surface area (TPSA) is 379 Å². The first-order chi connectivity index (χ1) is 34.9. The van der Waals surface area contributed by atoms with Crippen LogP contribution in [0.2, 0.25) is 0 Å². The molecule has 0 unspecified atom stereocenters. The Hall–Kier alpha value is -9.63. The number of carbonyl (C=O) groups excluding carboxylic acids is 1. The Balaban J connectivity index is 0.951. The first-order valence-electron chi connectivity index (χ1n) is 21.7. The molecule has 0 aliphatic rings. The second-order valence-corrected chi connectivity index (χ2v) is 20.1. The minimum Gasteiger partial charge on any atom is -0.478 e. The average Bonchev–Trinajstić information content (AvgIpc) is 4.16. The maximum absolute atomic E-state index is 13.3. The molecule has 376 valence electrons. The number of carboxylic acids is 4. The van der Waals surface area contributed by atoms with Gasteiger partial charge in [0.2, 0.25) is 0 Å². The molecule has 4 aromatic heterocycles.